The van der Waals surface area contributed by atoms with Gasteiger partial charge in [-0.1, -0.05) is 49.3 Å². The molecule has 4 rings (SSSR count). The van der Waals surface area contributed by atoms with Crippen molar-refractivity contribution in [2.75, 3.05) is 25.3 Å². The molecule has 1 unspecified atom stereocenters. The van der Waals surface area contributed by atoms with Gasteiger partial charge in [-0.15, -0.1) is 0 Å². The summed E-state index contributed by atoms with van der Waals surface area (Å²) in [5, 5.41) is 17.5. The molecule has 2 N–H and O–H groups in total. The topological polar surface area (TPSA) is 100 Å². The van der Waals surface area contributed by atoms with Gasteiger partial charge in [-0.25, -0.2) is 0 Å². The highest BCUT2D eigenvalue weighted by atomic mass is 35.5. The zero-order valence-corrected chi connectivity index (χ0v) is 22.7. The Morgan fingerprint density at radius 2 is 1.92 bits per heavy atom. The van der Waals surface area contributed by atoms with Gasteiger partial charge in [0.2, 0.25) is 5.91 Å². The van der Waals surface area contributed by atoms with Gasteiger partial charge in [0, 0.05) is 28.8 Å². The Kier molecular flexibility index (Phi) is 7.86. The summed E-state index contributed by atoms with van der Waals surface area (Å²) in [7, 11) is 3.07. The number of Topliss-reactive ketones (excluding diaryl/α,β-unsaturated/α-hetero) is 1. The maximum absolute atomic E-state index is 13.3. The fourth-order valence-electron chi connectivity index (χ4n) is 4.70. The summed E-state index contributed by atoms with van der Waals surface area (Å²) < 4.78 is 10.6. The highest BCUT2D eigenvalue weighted by Crippen LogP contribution is 2.48. The van der Waals surface area contributed by atoms with E-state index in [1.54, 1.807) is 37.4 Å². The number of carbonyl (C=O) groups is 2. The number of anilines is 1. The number of nitrogens with one attached hydrogen (secondary N) is 2. The molecule has 1 heterocycles. The SMILES string of the molecule is COc1ccc(NC(=O)CSC2=C(C#N)C(c3ccc(Cl)cc3)C3=C(CC(C)(C)CC3=O)N2)c(OC)c1. The average molecular weight is 538 g/mol. The van der Waals surface area contributed by atoms with Gasteiger partial charge >= 0.3 is 0 Å². The predicted molar refractivity (Wildman–Crippen MR) is 146 cm³/mol. The largest absolute Gasteiger partial charge is 0.497 e. The fourth-order valence-corrected chi connectivity index (χ4v) is 5.69. The van der Waals surface area contributed by atoms with Crippen LogP contribution in [-0.4, -0.2) is 31.7 Å². The number of ketones is 1. The molecular weight excluding hydrogens is 510 g/mol. The number of halogens is 1. The lowest BCUT2D eigenvalue weighted by Gasteiger charge is -2.39. The molecule has 192 valence electrons. The molecule has 1 aliphatic heterocycles. The Hall–Kier alpha value is -3.41. The molecule has 2 aromatic rings. The van der Waals surface area contributed by atoms with Crippen LogP contribution in [0.15, 0.2) is 64.3 Å². The van der Waals surface area contributed by atoms with Gasteiger partial charge in [-0.05, 0) is 41.7 Å². The zero-order valence-electron chi connectivity index (χ0n) is 21.1. The molecule has 0 spiro atoms. The van der Waals surface area contributed by atoms with Gasteiger partial charge in [0.05, 0.1) is 48.2 Å². The van der Waals surface area contributed by atoms with Crippen LogP contribution in [-0.2, 0) is 9.59 Å². The van der Waals surface area contributed by atoms with Crippen molar-refractivity contribution in [1.82, 2.24) is 5.32 Å². The Morgan fingerprint density at radius 3 is 2.57 bits per heavy atom. The summed E-state index contributed by atoms with van der Waals surface area (Å²) in [6.45, 7) is 4.11. The number of ether oxygens (including phenoxy) is 2. The Labute approximate surface area is 225 Å². The van der Waals surface area contributed by atoms with Crippen LogP contribution < -0.4 is 20.1 Å². The number of allylic oxidation sites excluding steroid dienone is 3. The Balaban J connectivity index is 1.62. The first-order chi connectivity index (χ1) is 17.7. The standard InChI is InChI=1S/C28H28ClN3O4S/c1-28(2)12-21-26(22(33)13-28)25(16-5-7-17(29)8-6-16)19(14-30)27(32-21)37-15-24(34)31-20-10-9-18(35-3)11-23(20)36-4/h5-11,25,32H,12-13,15H2,1-4H3,(H,31,34). The van der Waals surface area contributed by atoms with Gasteiger partial charge in [0.1, 0.15) is 11.5 Å². The number of carbonyl (C=O) groups excluding carboxylic acids is 2. The molecule has 1 aliphatic carbocycles. The van der Waals surface area contributed by atoms with Crippen LogP contribution in [0.25, 0.3) is 0 Å². The Morgan fingerprint density at radius 1 is 1.19 bits per heavy atom. The number of nitriles is 1. The van der Waals surface area contributed by atoms with Crippen molar-refractivity contribution >= 4 is 40.7 Å². The molecule has 0 radical (unpaired) electrons. The molecule has 2 aliphatic rings. The predicted octanol–water partition coefficient (Wildman–Crippen LogP) is 5.79. The molecule has 9 heteroatoms. The number of amides is 1. The third-order valence-electron chi connectivity index (χ3n) is 6.36. The molecule has 0 saturated heterocycles. The van der Waals surface area contributed by atoms with E-state index in [4.69, 9.17) is 21.1 Å². The number of hydrogen-bond acceptors (Lipinski definition) is 7. The maximum atomic E-state index is 13.3. The summed E-state index contributed by atoms with van der Waals surface area (Å²) in [4.78, 5) is 26.2. The number of thioether (sulfide) groups is 1. The van der Waals surface area contributed by atoms with Crippen molar-refractivity contribution in [1.29, 1.82) is 5.26 Å². The summed E-state index contributed by atoms with van der Waals surface area (Å²) in [5.41, 5.74) is 2.96. The highest BCUT2D eigenvalue weighted by Gasteiger charge is 2.42. The second kappa shape index (κ2) is 10.9. The molecular formula is C28H28ClN3O4S. The number of rotatable bonds is 7. The van der Waals surface area contributed by atoms with Crippen molar-refractivity contribution in [3.63, 3.8) is 0 Å². The van der Waals surface area contributed by atoms with E-state index in [9.17, 15) is 14.9 Å². The van der Waals surface area contributed by atoms with Crippen LogP contribution in [0.1, 0.15) is 38.2 Å². The van der Waals surface area contributed by atoms with E-state index in [1.165, 1.54) is 18.9 Å². The van der Waals surface area contributed by atoms with Crippen molar-refractivity contribution < 1.29 is 19.1 Å². The normalized spacial score (nSPS) is 18.5. The number of dihydropyridines is 1. The van der Waals surface area contributed by atoms with Crippen LogP contribution in [0.3, 0.4) is 0 Å². The first-order valence-electron chi connectivity index (χ1n) is 11.7. The summed E-state index contributed by atoms with van der Waals surface area (Å²) in [5.74, 6) is 0.389. The summed E-state index contributed by atoms with van der Waals surface area (Å²) >= 11 is 7.34. The summed E-state index contributed by atoms with van der Waals surface area (Å²) in [6.07, 6.45) is 1.07. The van der Waals surface area contributed by atoms with Gasteiger partial charge in [-0.3, -0.25) is 9.59 Å². The third kappa shape index (κ3) is 5.79. The van der Waals surface area contributed by atoms with Gasteiger partial charge in [-0.2, -0.15) is 5.26 Å². The minimum atomic E-state index is -0.519. The fraction of sp³-hybridized carbons (Fsp3) is 0.321. The lowest BCUT2D eigenvalue weighted by Crippen LogP contribution is -2.37. The minimum Gasteiger partial charge on any atom is -0.497 e. The molecule has 7 nitrogen and oxygen atoms in total. The monoisotopic (exact) mass is 537 g/mol. The molecule has 1 atom stereocenters. The van der Waals surface area contributed by atoms with E-state index >= 15 is 0 Å². The maximum Gasteiger partial charge on any atom is 0.234 e. The number of methoxy groups -OCH3 is 2. The number of benzene rings is 2. The van der Waals surface area contributed by atoms with E-state index in [-0.39, 0.29) is 22.9 Å². The van der Waals surface area contributed by atoms with Crippen LogP contribution in [0, 0.1) is 16.7 Å². The summed E-state index contributed by atoms with van der Waals surface area (Å²) in [6, 6.07) is 14.6. The molecule has 2 aromatic carbocycles. The van der Waals surface area contributed by atoms with Gasteiger partial charge in [0.15, 0.2) is 5.78 Å². The van der Waals surface area contributed by atoms with Gasteiger partial charge < -0.3 is 20.1 Å². The second-order valence-electron chi connectivity index (χ2n) is 9.70. The first kappa shape index (κ1) is 26.6. The second-order valence-corrected chi connectivity index (χ2v) is 11.1. The van der Waals surface area contributed by atoms with Crippen LogP contribution in [0.5, 0.6) is 11.5 Å². The molecule has 0 bridgehead atoms. The first-order valence-corrected chi connectivity index (χ1v) is 13.1. The van der Waals surface area contributed by atoms with E-state index in [0.717, 1.165) is 11.3 Å². The van der Waals surface area contributed by atoms with Crippen molar-refractivity contribution in [2.45, 2.75) is 32.6 Å². The van der Waals surface area contributed by atoms with Crippen molar-refractivity contribution in [2.24, 2.45) is 5.41 Å². The number of nitrogens with zero attached hydrogens (tertiary/aromatic N) is 1. The highest BCUT2D eigenvalue weighted by molar-refractivity contribution is 8.03. The van der Waals surface area contributed by atoms with E-state index in [0.29, 0.717) is 51.2 Å². The van der Waals surface area contributed by atoms with Crippen LogP contribution >= 0.6 is 23.4 Å². The van der Waals surface area contributed by atoms with Crippen LogP contribution in [0.4, 0.5) is 5.69 Å². The molecule has 0 aromatic heterocycles. The van der Waals surface area contributed by atoms with E-state index in [2.05, 4.69) is 30.6 Å². The molecule has 0 saturated carbocycles. The lowest BCUT2D eigenvalue weighted by atomic mass is 9.69. The van der Waals surface area contributed by atoms with Gasteiger partial charge in [0.25, 0.3) is 0 Å². The van der Waals surface area contributed by atoms with E-state index in [1.807, 2.05) is 12.1 Å². The average Bonchev–Trinajstić information content (AvgIpc) is 2.86. The zero-order chi connectivity index (χ0) is 26.7. The quantitative estimate of drug-likeness (QED) is 0.460. The third-order valence-corrected chi connectivity index (χ3v) is 7.63. The van der Waals surface area contributed by atoms with Crippen LogP contribution in [0.2, 0.25) is 5.02 Å². The number of hydrogen-bond donors (Lipinski definition) is 2. The molecule has 0 fully saturated rings. The Bertz CT molecular complexity index is 1340. The van der Waals surface area contributed by atoms with Crippen molar-refractivity contribution in [3.05, 3.63) is 74.9 Å². The smallest absolute Gasteiger partial charge is 0.234 e. The van der Waals surface area contributed by atoms with E-state index < -0.39 is 5.92 Å². The lowest BCUT2D eigenvalue weighted by molar-refractivity contribution is -0.118. The minimum absolute atomic E-state index is 0.0276. The molecule has 37 heavy (non-hydrogen) atoms. The molecule has 1 amide bonds. The van der Waals surface area contributed by atoms with Crippen molar-refractivity contribution in [3.8, 4) is 17.6 Å².